The van der Waals surface area contributed by atoms with E-state index in [0.717, 1.165) is 21.9 Å². The molecule has 0 unspecified atom stereocenters. The summed E-state index contributed by atoms with van der Waals surface area (Å²) in [5, 5.41) is 19.2. The highest BCUT2D eigenvalue weighted by atomic mass is 35.5. The van der Waals surface area contributed by atoms with E-state index < -0.39 is 41.4 Å². The van der Waals surface area contributed by atoms with E-state index >= 15 is 0 Å². The van der Waals surface area contributed by atoms with Crippen LogP contribution in [-0.4, -0.2) is 34.5 Å². The number of alkyl halides is 2. The number of aromatic nitrogens is 1. The van der Waals surface area contributed by atoms with Crippen molar-refractivity contribution in [2.24, 2.45) is 5.92 Å². The summed E-state index contributed by atoms with van der Waals surface area (Å²) in [6, 6.07) is 13.7. The molecule has 1 saturated heterocycles. The number of carbonyl (C=O) groups excluding carboxylic acids is 3. The van der Waals surface area contributed by atoms with Crippen molar-refractivity contribution in [3.63, 3.8) is 0 Å². The van der Waals surface area contributed by atoms with Gasteiger partial charge in [0.05, 0.1) is 23.3 Å². The lowest BCUT2D eigenvalue weighted by Crippen LogP contribution is -2.50. The number of pyridine rings is 1. The third-order valence-corrected chi connectivity index (χ3v) is 8.89. The van der Waals surface area contributed by atoms with Crippen LogP contribution in [0.4, 0.5) is 24.7 Å². The number of nitrogens with zero attached hydrogens (tertiary/aromatic N) is 5. The number of rotatable bonds is 9. The summed E-state index contributed by atoms with van der Waals surface area (Å²) in [6.07, 6.45) is 1.51. The molecule has 0 spiro atoms. The van der Waals surface area contributed by atoms with Crippen molar-refractivity contribution in [3.8, 4) is 12.1 Å². The lowest BCUT2D eigenvalue weighted by atomic mass is 9.82. The average Bonchev–Trinajstić information content (AvgIpc) is 3.44. The van der Waals surface area contributed by atoms with Gasteiger partial charge in [-0.05, 0) is 68.0 Å². The Balaban J connectivity index is 1.59. The minimum atomic E-state index is -2.73. The predicted octanol–water partition coefficient (Wildman–Crippen LogP) is 7.06. The van der Waals surface area contributed by atoms with Gasteiger partial charge in [-0.2, -0.15) is 10.5 Å². The summed E-state index contributed by atoms with van der Waals surface area (Å²) in [5.74, 6) is -5.28. The highest BCUT2D eigenvalue weighted by Gasteiger charge is 2.44. The van der Waals surface area contributed by atoms with E-state index in [1.165, 1.54) is 30.5 Å². The van der Waals surface area contributed by atoms with Crippen LogP contribution in [0.3, 0.4) is 0 Å². The fourth-order valence-corrected chi connectivity index (χ4v) is 6.43. The lowest BCUT2D eigenvalue weighted by Gasteiger charge is -2.36. The molecule has 2 amide bonds. The highest BCUT2D eigenvalue weighted by Crippen LogP contribution is 2.40. The topological polar surface area (TPSA) is 118 Å². The summed E-state index contributed by atoms with van der Waals surface area (Å²) in [5.41, 5.74) is 0.237. The maximum atomic E-state index is 14.9. The zero-order valence-electron chi connectivity index (χ0n) is 24.6. The first-order valence-corrected chi connectivity index (χ1v) is 15.3. The molecule has 236 valence electrons. The smallest absolute Gasteiger partial charge is 0.251 e. The van der Waals surface area contributed by atoms with Crippen molar-refractivity contribution in [3.05, 3.63) is 88.3 Å². The van der Waals surface area contributed by atoms with Crippen molar-refractivity contribution in [1.29, 1.82) is 10.5 Å². The van der Waals surface area contributed by atoms with Gasteiger partial charge in [-0.15, -0.1) is 0 Å². The predicted molar refractivity (Wildman–Crippen MR) is 163 cm³/mol. The largest absolute Gasteiger partial charge is 0.297 e. The molecule has 2 aromatic carbocycles. The van der Waals surface area contributed by atoms with Crippen molar-refractivity contribution in [2.75, 3.05) is 9.80 Å². The molecular weight excluding hydrogens is 619 g/mol. The van der Waals surface area contributed by atoms with Crippen LogP contribution in [0.15, 0.2) is 60.8 Å². The Kier molecular flexibility index (Phi) is 9.74. The molecule has 2 heterocycles. The molecule has 0 radical (unpaired) electrons. The standard InChI is InChI=1S/C34H29ClF3N5O3/c35-27-4-2-1-3-26(27)32(29(44)7-5-21-9-12-34(37,38)13-10-21)42(25-16-23(20-40)15-24(36)18-25)33(46)28-6-8-31(45)43(28)30-17-22(19-39)11-14-41-30/h1-4,11,14-18,21,28,32H,5-10,12-13H2/t28-,32-/m0/s1. The number of carbonyl (C=O) groups is 3. The van der Waals surface area contributed by atoms with Crippen LogP contribution in [0.25, 0.3) is 0 Å². The Hall–Kier alpha value is -4.74. The van der Waals surface area contributed by atoms with Crippen molar-refractivity contribution in [1.82, 2.24) is 4.98 Å². The number of amides is 2. The molecule has 8 nitrogen and oxygen atoms in total. The number of Topliss-reactive ketones (excluding diaryl/α,β-unsaturated/α-hetero) is 1. The number of nitriles is 2. The van der Waals surface area contributed by atoms with Crippen LogP contribution in [0.1, 0.15) is 74.1 Å². The van der Waals surface area contributed by atoms with E-state index in [9.17, 15) is 38.1 Å². The number of benzene rings is 2. The SMILES string of the molecule is N#Cc1cc(F)cc(N(C(=O)[C@@H]2CCC(=O)N2c2cc(C#N)ccn2)[C@H](C(=O)CCC2CCC(F)(F)CC2)c2ccccc2Cl)c1. The number of halogens is 4. The second kappa shape index (κ2) is 13.7. The highest BCUT2D eigenvalue weighted by molar-refractivity contribution is 6.31. The van der Waals surface area contributed by atoms with E-state index in [-0.39, 0.29) is 84.1 Å². The van der Waals surface area contributed by atoms with Gasteiger partial charge in [-0.1, -0.05) is 29.8 Å². The molecular formula is C34H29ClF3N5O3. The van der Waals surface area contributed by atoms with Gasteiger partial charge < -0.3 is 0 Å². The summed E-state index contributed by atoms with van der Waals surface area (Å²) < 4.78 is 42.5. The first kappa shape index (κ1) is 32.6. The van der Waals surface area contributed by atoms with Crippen molar-refractivity contribution >= 4 is 40.7 Å². The first-order valence-electron chi connectivity index (χ1n) is 14.9. The zero-order valence-corrected chi connectivity index (χ0v) is 25.4. The molecule has 3 aromatic rings. The Labute approximate surface area is 269 Å². The minimum Gasteiger partial charge on any atom is -0.297 e. The van der Waals surface area contributed by atoms with Crippen molar-refractivity contribution in [2.45, 2.75) is 69.4 Å². The van der Waals surface area contributed by atoms with Gasteiger partial charge in [0.1, 0.15) is 23.7 Å². The Morgan fingerprint density at radius 3 is 2.46 bits per heavy atom. The molecule has 1 aromatic heterocycles. The molecule has 5 rings (SSSR count). The molecule has 46 heavy (non-hydrogen) atoms. The van der Waals surface area contributed by atoms with Gasteiger partial charge in [0.15, 0.2) is 5.78 Å². The molecule has 2 atom stereocenters. The summed E-state index contributed by atoms with van der Waals surface area (Å²) in [4.78, 5) is 48.5. The molecule has 2 aliphatic rings. The Morgan fingerprint density at radius 2 is 1.76 bits per heavy atom. The minimum absolute atomic E-state index is 0.0345. The molecule has 2 fully saturated rings. The fraction of sp³-hybridized carbons (Fsp3) is 0.353. The van der Waals surface area contributed by atoms with E-state index in [2.05, 4.69) is 4.98 Å². The van der Waals surface area contributed by atoms with E-state index in [1.54, 1.807) is 18.2 Å². The summed E-state index contributed by atoms with van der Waals surface area (Å²) >= 11 is 6.61. The van der Waals surface area contributed by atoms with Crippen LogP contribution in [-0.2, 0) is 14.4 Å². The molecule has 0 bridgehead atoms. The van der Waals surface area contributed by atoms with Gasteiger partial charge in [0.2, 0.25) is 11.8 Å². The van der Waals surface area contributed by atoms with Gasteiger partial charge in [0.25, 0.3) is 5.91 Å². The maximum absolute atomic E-state index is 14.9. The molecule has 1 aliphatic heterocycles. The zero-order chi connectivity index (χ0) is 33.0. The second-order valence-electron chi connectivity index (χ2n) is 11.6. The van der Waals surface area contributed by atoms with E-state index in [0.29, 0.717) is 6.42 Å². The third-order valence-electron chi connectivity index (χ3n) is 8.54. The van der Waals surface area contributed by atoms with Gasteiger partial charge in [-0.25, -0.2) is 18.2 Å². The number of ketones is 1. The Bertz CT molecular complexity index is 1740. The second-order valence-corrected chi connectivity index (χ2v) is 12.0. The number of hydrogen-bond acceptors (Lipinski definition) is 6. The third kappa shape index (κ3) is 7.05. The molecule has 0 N–H and O–H groups in total. The van der Waals surface area contributed by atoms with E-state index in [1.807, 2.05) is 12.1 Å². The van der Waals surface area contributed by atoms with Crippen LogP contribution in [0.2, 0.25) is 5.02 Å². The average molecular weight is 648 g/mol. The fourth-order valence-electron chi connectivity index (χ4n) is 6.19. The molecule has 12 heteroatoms. The maximum Gasteiger partial charge on any atom is 0.251 e. The van der Waals surface area contributed by atoms with Crippen LogP contribution in [0.5, 0.6) is 0 Å². The van der Waals surface area contributed by atoms with Crippen LogP contribution in [0, 0.1) is 34.4 Å². The van der Waals surface area contributed by atoms with Crippen molar-refractivity contribution < 1.29 is 27.6 Å². The number of hydrogen-bond donors (Lipinski definition) is 0. The molecule has 1 aliphatic carbocycles. The molecule has 1 saturated carbocycles. The summed E-state index contributed by atoms with van der Waals surface area (Å²) in [6.45, 7) is 0. The van der Waals surface area contributed by atoms with E-state index in [4.69, 9.17) is 11.6 Å². The number of anilines is 2. The van der Waals surface area contributed by atoms with Gasteiger partial charge in [0, 0.05) is 48.2 Å². The van der Waals surface area contributed by atoms with Gasteiger partial charge in [-0.3, -0.25) is 24.2 Å². The summed E-state index contributed by atoms with van der Waals surface area (Å²) in [7, 11) is 0. The Morgan fingerprint density at radius 1 is 1.04 bits per heavy atom. The van der Waals surface area contributed by atoms with Gasteiger partial charge >= 0.3 is 0 Å². The lowest BCUT2D eigenvalue weighted by molar-refractivity contribution is -0.126. The quantitative estimate of drug-likeness (QED) is 0.245. The monoisotopic (exact) mass is 647 g/mol. The van der Waals surface area contributed by atoms with Crippen LogP contribution >= 0.6 is 11.6 Å². The first-order chi connectivity index (χ1) is 22.0. The van der Waals surface area contributed by atoms with Crippen LogP contribution < -0.4 is 9.80 Å². The normalized spacial score (nSPS) is 18.4.